The number of hydrogen-bond acceptors (Lipinski definition) is 5. The van der Waals surface area contributed by atoms with E-state index in [1.54, 1.807) is 18.0 Å². The number of rotatable bonds is 5. The van der Waals surface area contributed by atoms with Crippen LogP contribution in [0.5, 0.6) is 0 Å². The molecular weight excluding hydrogens is 322 g/mol. The molecule has 0 aliphatic carbocycles. The molecule has 0 unspecified atom stereocenters. The molecule has 0 aromatic carbocycles. The quantitative estimate of drug-likeness (QED) is 0.711. The Bertz CT molecular complexity index is 676. The summed E-state index contributed by atoms with van der Waals surface area (Å²) in [6.45, 7) is 1.61. The first-order valence-electron chi connectivity index (χ1n) is 7.28. The Morgan fingerprint density at radius 2 is 1.91 bits per heavy atom. The van der Waals surface area contributed by atoms with Gasteiger partial charge in [0.05, 0.1) is 6.26 Å². The van der Waals surface area contributed by atoms with Crippen LogP contribution in [0.4, 0.5) is 0 Å². The molecule has 1 aliphatic heterocycles. The van der Waals surface area contributed by atoms with Crippen molar-refractivity contribution in [2.75, 3.05) is 39.0 Å². The molecule has 1 fully saturated rings. The number of nitrogens with one attached hydrogen (secondary N) is 1. The van der Waals surface area contributed by atoms with Gasteiger partial charge in [-0.1, -0.05) is 0 Å². The maximum Gasteiger partial charge on any atom is 0.269 e. The molecule has 1 saturated heterocycles. The lowest BCUT2D eigenvalue weighted by Gasteiger charge is -2.33. The summed E-state index contributed by atoms with van der Waals surface area (Å²) in [6, 6.07) is 1.60. The first-order valence-corrected chi connectivity index (χ1v) is 9.13. The Balaban J connectivity index is 1.74. The summed E-state index contributed by atoms with van der Waals surface area (Å²) < 4.78 is 25.7. The zero-order valence-electron chi connectivity index (χ0n) is 13.2. The average molecular weight is 343 g/mol. The van der Waals surface area contributed by atoms with Gasteiger partial charge in [0, 0.05) is 52.4 Å². The van der Waals surface area contributed by atoms with Gasteiger partial charge < -0.3 is 10.2 Å². The summed E-state index contributed by atoms with van der Waals surface area (Å²) in [6.07, 6.45) is 2.88. The van der Waals surface area contributed by atoms with Crippen LogP contribution >= 0.6 is 0 Å². The summed E-state index contributed by atoms with van der Waals surface area (Å²) >= 11 is 0. The first kappa shape index (κ1) is 17.4. The van der Waals surface area contributed by atoms with Crippen molar-refractivity contribution in [1.29, 1.82) is 0 Å². The molecule has 0 atom stereocenters. The standard InChI is InChI=1S/C13H21N5O4S/c1-16-11(3-6-15-16)13(20)14-5-4-12(19)17-7-9-18(10-8-17)23(2,21)22/h3,6H,4-5,7-10H2,1-2H3,(H,14,20). The first-order chi connectivity index (χ1) is 10.8. The van der Waals surface area contributed by atoms with Gasteiger partial charge in [-0.25, -0.2) is 8.42 Å². The van der Waals surface area contributed by atoms with Crippen LogP contribution in [0.2, 0.25) is 0 Å². The van der Waals surface area contributed by atoms with Crippen molar-refractivity contribution in [1.82, 2.24) is 24.3 Å². The van der Waals surface area contributed by atoms with Crippen molar-refractivity contribution in [3.05, 3.63) is 18.0 Å². The van der Waals surface area contributed by atoms with E-state index in [2.05, 4.69) is 10.4 Å². The number of hydrogen-bond donors (Lipinski definition) is 1. The lowest BCUT2D eigenvalue weighted by molar-refractivity contribution is -0.132. The number of piperazine rings is 1. The van der Waals surface area contributed by atoms with Crippen LogP contribution in [-0.4, -0.2) is 78.2 Å². The summed E-state index contributed by atoms with van der Waals surface area (Å²) in [5.41, 5.74) is 0.430. The molecule has 0 saturated carbocycles. The van der Waals surface area contributed by atoms with Gasteiger partial charge in [0.1, 0.15) is 5.69 Å². The number of aryl methyl sites for hydroxylation is 1. The summed E-state index contributed by atoms with van der Waals surface area (Å²) in [7, 11) is -1.53. The number of sulfonamides is 1. The number of carbonyl (C=O) groups excluding carboxylic acids is 2. The Morgan fingerprint density at radius 1 is 1.26 bits per heavy atom. The van der Waals surface area contributed by atoms with Crippen LogP contribution in [0.1, 0.15) is 16.9 Å². The van der Waals surface area contributed by atoms with Crippen LogP contribution in [0.15, 0.2) is 12.3 Å². The van der Waals surface area contributed by atoms with Crippen LogP contribution in [0, 0.1) is 0 Å². The third kappa shape index (κ3) is 4.52. The SMILES string of the molecule is Cn1nccc1C(=O)NCCC(=O)N1CCN(S(C)(=O)=O)CC1. The molecule has 9 nitrogen and oxygen atoms in total. The minimum absolute atomic E-state index is 0.0940. The molecule has 2 rings (SSSR count). The normalized spacial score (nSPS) is 16.3. The van der Waals surface area contributed by atoms with Gasteiger partial charge in [-0.2, -0.15) is 9.40 Å². The molecular formula is C13H21N5O4S. The maximum atomic E-state index is 12.1. The van der Waals surface area contributed by atoms with E-state index in [1.165, 1.54) is 21.4 Å². The minimum Gasteiger partial charge on any atom is -0.350 e. The predicted molar refractivity (Wildman–Crippen MR) is 83.2 cm³/mol. The second-order valence-electron chi connectivity index (χ2n) is 5.39. The summed E-state index contributed by atoms with van der Waals surface area (Å²) in [5, 5.41) is 6.58. The summed E-state index contributed by atoms with van der Waals surface area (Å²) in [4.78, 5) is 25.6. The fraction of sp³-hybridized carbons (Fsp3) is 0.615. The Kier molecular flexibility index (Phi) is 5.37. The molecule has 2 heterocycles. The second-order valence-corrected chi connectivity index (χ2v) is 7.37. The van der Waals surface area contributed by atoms with E-state index in [0.717, 1.165) is 0 Å². The molecule has 23 heavy (non-hydrogen) atoms. The molecule has 1 aromatic rings. The zero-order valence-corrected chi connectivity index (χ0v) is 14.0. The van der Waals surface area contributed by atoms with Gasteiger partial charge in [0.25, 0.3) is 5.91 Å². The van der Waals surface area contributed by atoms with Crippen molar-refractivity contribution in [2.24, 2.45) is 7.05 Å². The molecule has 128 valence electrons. The van der Waals surface area contributed by atoms with Crippen molar-refractivity contribution >= 4 is 21.8 Å². The van der Waals surface area contributed by atoms with E-state index in [9.17, 15) is 18.0 Å². The topological polar surface area (TPSA) is 105 Å². The van der Waals surface area contributed by atoms with Crippen molar-refractivity contribution in [2.45, 2.75) is 6.42 Å². The molecule has 0 radical (unpaired) electrons. The Labute approximate surface area is 135 Å². The van der Waals surface area contributed by atoms with E-state index in [0.29, 0.717) is 31.9 Å². The van der Waals surface area contributed by atoms with E-state index in [4.69, 9.17) is 0 Å². The van der Waals surface area contributed by atoms with E-state index >= 15 is 0 Å². The lowest BCUT2D eigenvalue weighted by atomic mass is 10.3. The fourth-order valence-corrected chi connectivity index (χ4v) is 3.22. The highest BCUT2D eigenvalue weighted by Crippen LogP contribution is 2.07. The molecule has 10 heteroatoms. The maximum absolute atomic E-state index is 12.1. The van der Waals surface area contributed by atoms with Crippen molar-refractivity contribution in [3.63, 3.8) is 0 Å². The van der Waals surface area contributed by atoms with Gasteiger partial charge in [-0.3, -0.25) is 14.3 Å². The molecule has 1 aliphatic rings. The third-order valence-corrected chi connectivity index (χ3v) is 5.04. The highest BCUT2D eigenvalue weighted by molar-refractivity contribution is 7.88. The van der Waals surface area contributed by atoms with Gasteiger partial charge >= 0.3 is 0 Å². The largest absolute Gasteiger partial charge is 0.350 e. The average Bonchev–Trinajstić information content (AvgIpc) is 2.92. The van der Waals surface area contributed by atoms with Crippen LogP contribution < -0.4 is 5.32 Å². The van der Waals surface area contributed by atoms with Crippen LogP contribution in [0.25, 0.3) is 0 Å². The van der Waals surface area contributed by atoms with Gasteiger partial charge in [0.15, 0.2) is 0 Å². The molecule has 2 amide bonds. The van der Waals surface area contributed by atoms with Crippen LogP contribution in [-0.2, 0) is 21.9 Å². The Morgan fingerprint density at radius 3 is 2.43 bits per heavy atom. The zero-order chi connectivity index (χ0) is 17.0. The van der Waals surface area contributed by atoms with Gasteiger partial charge in [-0.05, 0) is 6.07 Å². The van der Waals surface area contributed by atoms with Gasteiger partial charge in [-0.15, -0.1) is 0 Å². The fourth-order valence-electron chi connectivity index (χ4n) is 2.40. The molecule has 1 aromatic heterocycles. The van der Waals surface area contributed by atoms with E-state index in [1.807, 2.05) is 0 Å². The number of carbonyl (C=O) groups is 2. The van der Waals surface area contributed by atoms with E-state index < -0.39 is 10.0 Å². The smallest absolute Gasteiger partial charge is 0.269 e. The highest BCUT2D eigenvalue weighted by atomic mass is 32.2. The Hall–Kier alpha value is -1.94. The molecule has 0 spiro atoms. The molecule has 1 N–H and O–H groups in total. The number of nitrogens with zero attached hydrogens (tertiary/aromatic N) is 4. The second kappa shape index (κ2) is 7.09. The monoisotopic (exact) mass is 343 g/mol. The number of aromatic nitrogens is 2. The highest BCUT2D eigenvalue weighted by Gasteiger charge is 2.25. The predicted octanol–water partition coefficient (Wildman–Crippen LogP) is -1.36. The van der Waals surface area contributed by atoms with E-state index in [-0.39, 0.29) is 24.8 Å². The lowest BCUT2D eigenvalue weighted by Crippen LogP contribution is -2.50. The number of amides is 2. The van der Waals surface area contributed by atoms with Crippen LogP contribution in [0.3, 0.4) is 0 Å². The van der Waals surface area contributed by atoms with Crippen molar-refractivity contribution < 1.29 is 18.0 Å². The van der Waals surface area contributed by atoms with Crippen molar-refractivity contribution in [3.8, 4) is 0 Å². The molecule has 0 bridgehead atoms. The van der Waals surface area contributed by atoms with Gasteiger partial charge in [0.2, 0.25) is 15.9 Å². The minimum atomic E-state index is -3.20. The third-order valence-electron chi connectivity index (χ3n) is 3.74. The summed E-state index contributed by atoms with van der Waals surface area (Å²) in [5.74, 6) is -0.372.